The van der Waals surface area contributed by atoms with Gasteiger partial charge in [0, 0.05) is 17.5 Å². The number of thiophene rings is 1. The van der Waals surface area contributed by atoms with Gasteiger partial charge in [-0.1, -0.05) is 31.7 Å². The molecule has 1 aromatic heterocycles. The molecule has 16 heavy (non-hydrogen) atoms. The normalized spacial score (nSPS) is 20.6. The van der Waals surface area contributed by atoms with Crippen molar-refractivity contribution in [2.45, 2.75) is 50.6 Å². The minimum Gasteiger partial charge on any atom is -0.322 e. The number of hydrogen-bond donors (Lipinski definition) is 2. The van der Waals surface area contributed by atoms with E-state index in [1.165, 1.54) is 43.4 Å². The highest BCUT2D eigenvalue weighted by atomic mass is 32.1. The molecule has 1 aliphatic carbocycles. The van der Waals surface area contributed by atoms with Crippen LogP contribution in [-0.2, 0) is 0 Å². The van der Waals surface area contributed by atoms with Crippen LogP contribution >= 0.6 is 11.3 Å². The van der Waals surface area contributed by atoms with Crippen molar-refractivity contribution in [2.75, 3.05) is 6.54 Å². The Balaban J connectivity index is 1.73. The van der Waals surface area contributed by atoms with Crippen LogP contribution in [-0.4, -0.2) is 12.6 Å². The molecule has 1 unspecified atom stereocenters. The van der Waals surface area contributed by atoms with Crippen LogP contribution < -0.4 is 11.1 Å². The van der Waals surface area contributed by atoms with E-state index in [0.717, 1.165) is 6.54 Å². The van der Waals surface area contributed by atoms with Crippen molar-refractivity contribution in [1.82, 2.24) is 5.32 Å². The fourth-order valence-electron chi connectivity index (χ4n) is 2.38. The van der Waals surface area contributed by atoms with E-state index in [0.29, 0.717) is 6.04 Å². The molecule has 1 aromatic rings. The lowest BCUT2D eigenvalue weighted by Gasteiger charge is -2.19. The minimum atomic E-state index is 0.170. The maximum absolute atomic E-state index is 6.14. The minimum absolute atomic E-state index is 0.170. The molecule has 1 atom stereocenters. The van der Waals surface area contributed by atoms with E-state index in [2.05, 4.69) is 22.8 Å². The second kappa shape index (κ2) is 6.38. The second-order valence-electron chi connectivity index (χ2n) is 4.72. The first kappa shape index (κ1) is 12.1. The Morgan fingerprint density at radius 3 is 2.69 bits per heavy atom. The van der Waals surface area contributed by atoms with Gasteiger partial charge in [0.05, 0.1) is 6.04 Å². The molecular formula is C13H22N2S. The van der Waals surface area contributed by atoms with Crippen molar-refractivity contribution in [3.05, 3.63) is 22.4 Å². The number of nitrogens with two attached hydrogens (primary N) is 1. The van der Waals surface area contributed by atoms with Gasteiger partial charge in [-0.05, 0) is 24.3 Å². The fraction of sp³-hybridized carbons (Fsp3) is 0.692. The van der Waals surface area contributed by atoms with Crippen LogP contribution in [0, 0.1) is 0 Å². The summed E-state index contributed by atoms with van der Waals surface area (Å²) >= 11 is 1.76. The Labute approximate surface area is 102 Å². The van der Waals surface area contributed by atoms with Crippen LogP contribution in [0.4, 0.5) is 0 Å². The lowest BCUT2D eigenvalue weighted by molar-refractivity contribution is 0.443. The van der Waals surface area contributed by atoms with E-state index < -0.39 is 0 Å². The summed E-state index contributed by atoms with van der Waals surface area (Å²) in [5, 5.41) is 5.73. The van der Waals surface area contributed by atoms with E-state index in [1.807, 2.05) is 0 Å². The van der Waals surface area contributed by atoms with E-state index in [-0.39, 0.29) is 6.04 Å². The predicted octanol–water partition coefficient (Wildman–Crippen LogP) is 3.06. The maximum Gasteiger partial charge on any atom is 0.0516 e. The van der Waals surface area contributed by atoms with Gasteiger partial charge in [-0.3, -0.25) is 0 Å². The van der Waals surface area contributed by atoms with Gasteiger partial charge in [-0.25, -0.2) is 0 Å². The molecule has 0 aliphatic heterocycles. The first-order chi connectivity index (χ1) is 7.86. The number of nitrogens with one attached hydrogen (secondary N) is 1. The molecule has 0 spiro atoms. The van der Waals surface area contributed by atoms with E-state index >= 15 is 0 Å². The molecule has 0 saturated heterocycles. The SMILES string of the molecule is NC(CNC1CCCCCC1)c1cccs1. The highest BCUT2D eigenvalue weighted by Gasteiger charge is 2.13. The molecule has 2 nitrogen and oxygen atoms in total. The molecule has 1 heterocycles. The summed E-state index contributed by atoms with van der Waals surface area (Å²) in [6.07, 6.45) is 8.25. The van der Waals surface area contributed by atoms with Gasteiger partial charge >= 0.3 is 0 Å². The lowest BCUT2D eigenvalue weighted by atomic mass is 10.1. The average Bonchev–Trinajstić information content (AvgIpc) is 2.71. The van der Waals surface area contributed by atoms with Gasteiger partial charge in [0.25, 0.3) is 0 Å². The summed E-state index contributed by atoms with van der Waals surface area (Å²) in [4.78, 5) is 1.29. The molecule has 3 heteroatoms. The van der Waals surface area contributed by atoms with Crippen molar-refractivity contribution >= 4 is 11.3 Å². The summed E-state index contributed by atoms with van der Waals surface area (Å²) in [5.74, 6) is 0. The van der Waals surface area contributed by atoms with Gasteiger partial charge in [-0.2, -0.15) is 0 Å². The van der Waals surface area contributed by atoms with E-state index in [1.54, 1.807) is 11.3 Å². The second-order valence-corrected chi connectivity index (χ2v) is 5.70. The van der Waals surface area contributed by atoms with Crippen LogP contribution in [0.5, 0.6) is 0 Å². The van der Waals surface area contributed by atoms with Gasteiger partial charge in [0.15, 0.2) is 0 Å². The lowest BCUT2D eigenvalue weighted by Crippen LogP contribution is -2.34. The zero-order valence-corrected chi connectivity index (χ0v) is 10.6. The topological polar surface area (TPSA) is 38.0 Å². The Morgan fingerprint density at radius 2 is 2.06 bits per heavy atom. The largest absolute Gasteiger partial charge is 0.322 e. The molecule has 0 amide bonds. The summed E-state index contributed by atoms with van der Waals surface area (Å²) in [6, 6.07) is 5.08. The smallest absolute Gasteiger partial charge is 0.0516 e. The summed E-state index contributed by atoms with van der Waals surface area (Å²) in [5.41, 5.74) is 6.14. The number of hydrogen-bond acceptors (Lipinski definition) is 3. The van der Waals surface area contributed by atoms with Crippen molar-refractivity contribution in [3.8, 4) is 0 Å². The monoisotopic (exact) mass is 238 g/mol. The van der Waals surface area contributed by atoms with Crippen molar-refractivity contribution in [2.24, 2.45) is 5.73 Å². The van der Waals surface area contributed by atoms with Crippen molar-refractivity contribution < 1.29 is 0 Å². The van der Waals surface area contributed by atoms with Crippen LogP contribution in [0.2, 0.25) is 0 Å². The molecular weight excluding hydrogens is 216 g/mol. The molecule has 0 radical (unpaired) electrons. The Kier molecular flexibility index (Phi) is 4.82. The quantitative estimate of drug-likeness (QED) is 0.791. The van der Waals surface area contributed by atoms with Crippen LogP contribution in [0.15, 0.2) is 17.5 Å². The highest BCUT2D eigenvalue weighted by Crippen LogP contribution is 2.19. The summed E-state index contributed by atoms with van der Waals surface area (Å²) < 4.78 is 0. The molecule has 0 bridgehead atoms. The molecule has 3 N–H and O–H groups in total. The molecule has 2 rings (SSSR count). The van der Waals surface area contributed by atoms with Crippen molar-refractivity contribution in [1.29, 1.82) is 0 Å². The molecule has 1 aliphatic rings. The number of rotatable bonds is 4. The molecule has 1 saturated carbocycles. The van der Waals surface area contributed by atoms with E-state index in [4.69, 9.17) is 5.73 Å². The third-order valence-corrected chi connectivity index (χ3v) is 4.39. The Bertz CT molecular complexity index is 276. The maximum atomic E-state index is 6.14. The van der Waals surface area contributed by atoms with Gasteiger partial charge in [-0.15, -0.1) is 11.3 Å². The van der Waals surface area contributed by atoms with Gasteiger partial charge in [0.1, 0.15) is 0 Å². The zero-order valence-electron chi connectivity index (χ0n) is 9.82. The standard InChI is InChI=1S/C13H22N2S/c14-12(13-8-5-9-16-13)10-15-11-6-3-1-2-4-7-11/h5,8-9,11-12,15H,1-4,6-7,10,14H2. The Hall–Kier alpha value is -0.380. The summed E-state index contributed by atoms with van der Waals surface area (Å²) in [7, 11) is 0. The van der Waals surface area contributed by atoms with Gasteiger partial charge in [0.2, 0.25) is 0 Å². The van der Waals surface area contributed by atoms with Crippen molar-refractivity contribution in [3.63, 3.8) is 0 Å². The van der Waals surface area contributed by atoms with E-state index in [9.17, 15) is 0 Å². The molecule has 90 valence electrons. The van der Waals surface area contributed by atoms with Crippen LogP contribution in [0.25, 0.3) is 0 Å². The first-order valence-electron chi connectivity index (χ1n) is 6.38. The average molecular weight is 238 g/mol. The highest BCUT2D eigenvalue weighted by molar-refractivity contribution is 7.10. The first-order valence-corrected chi connectivity index (χ1v) is 7.26. The zero-order chi connectivity index (χ0) is 11.2. The van der Waals surface area contributed by atoms with Crippen LogP contribution in [0.3, 0.4) is 0 Å². The molecule has 0 aromatic carbocycles. The fourth-order valence-corrected chi connectivity index (χ4v) is 3.11. The molecule has 1 fully saturated rings. The van der Waals surface area contributed by atoms with Gasteiger partial charge < -0.3 is 11.1 Å². The van der Waals surface area contributed by atoms with Crippen LogP contribution in [0.1, 0.15) is 49.4 Å². The Morgan fingerprint density at radius 1 is 1.31 bits per heavy atom. The summed E-state index contributed by atoms with van der Waals surface area (Å²) in [6.45, 7) is 0.922. The third-order valence-electron chi connectivity index (χ3n) is 3.39. The predicted molar refractivity (Wildman–Crippen MR) is 70.7 cm³/mol. The third kappa shape index (κ3) is 3.58.